The van der Waals surface area contributed by atoms with Crippen molar-refractivity contribution in [2.45, 2.75) is 75.3 Å². The van der Waals surface area contributed by atoms with E-state index in [0.717, 1.165) is 0 Å². The summed E-state index contributed by atoms with van der Waals surface area (Å²) in [7, 11) is -3.76. The maximum absolute atomic E-state index is 11.1. The Morgan fingerprint density at radius 2 is 1.35 bits per heavy atom. The summed E-state index contributed by atoms with van der Waals surface area (Å²) in [5, 5.41) is 39.8. The second-order valence-corrected chi connectivity index (χ2v) is 7.25. The third-order valence-corrected chi connectivity index (χ3v) is 4.79. The molecule has 0 saturated carbocycles. The van der Waals surface area contributed by atoms with E-state index in [1.165, 1.54) is 21.0 Å². The lowest BCUT2D eigenvalue weighted by molar-refractivity contribution is -0.356. The molecule has 0 spiro atoms. The molecule has 0 amide bonds. The van der Waals surface area contributed by atoms with E-state index in [1.54, 1.807) is 0 Å². The summed E-state index contributed by atoms with van der Waals surface area (Å²) in [6.07, 6.45) is -14.0. The van der Waals surface area contributed by atoms with Crippen molar-refractivity contribution in [3.63, 3.8) is 0 Å². The Morgan fingerprint density at radius 1 is 0.808 bits per heavy atom. The molecule has 2 aliphatic rings. The number of aliphatic hydroxyl groups excluding tert-OH is 4. The molecular formula is C13H24O12S. The van der Waals surface area contributed by atoms with Crippen LogP contribution in [-0.2, 0) is 33.5 Å². The van der Waals surface area contributed by atoms with Gasteiger partial charge < -0.3 is 39.4 Å². The highest BCUT2D eigenvalue weighted by Crippen LogP contribution is 2.31. The van der Waals surface area contributed by atoms with E-state index < -0.39 is 71.8 Å². The fraction of sp³-hybridized carbons (Fsp3) is 1.00. The van der Waals surface area contributed by atoms with Crippen molar-refractivity contribution in [2.24, 2.45) is 0 Å². The van der Waals surface area contributed by atoms with Crippen LogP contribution in [0.2, 0.25) is 0 Å². The number of rotatable bonds is 5. The molecule has 154 valence electrons. The fourth-order valence-electron chi connectivity index (χ4n) is 2.85. The highest BCUT2D eigenvalue weighted by atomic mass is 32.3. The molecule has 2 aliphatic heterocycles. The van der Waals surface area contributed by atoms with Gasteiger partial charge in [-0.1, -0.05) is 0 Å². The Hall–Kier alpha value is -0.450. The van der Waals surface area contributed by atoms with Gasteiger partial charge >= 0.3 is 10.4 Å². The van der Waals surface area contributed by atoms with Gasteiger partial charge in [-0.15, -0.1) is 0 Å². The van der Waals surface area contributed by atoms with Gasteiger partial charge in [-0.2, -0.15) is 8.42 Å². The van der Waals surface area contributed by atoms with Crippen LogP contribution in [0, 0.1) is 0 Å². The van der Waals surface area contributed by atoms with E-state index in [0.29, 0.717) is 0 Å². The van der Waals surface area contributed by atoms with Gasteiger partial charge in [0.05, 0.1) is 12.2 Å². The average molecular weight is 404 g/mol. The molecule has 2 heterocycles. The van der Waals surface area contributed by atoms with Crippen molar-refractivity contribution in [1.82, 2.24) is 0 Å². The van der Waals surface area contributed by atoms with Gasteiger partial charge in [0.15, 0.2) is 12.6 Å². The first kappa shape index (κ1) is 21.8. The van der Waals surface area contributed by atoms with Crippen LogP contribution in [0.25, 0.3) is 0 Å². The van der Waals surface area contributed by atoms with Gasteiger partial charge in [-0.25, -0.2) is 4.18 Å². The van der Waals surface area contributed by atoms with Gasteiger partial charge in [0, 0.05) is 7.11 Å². The summed E-state index contributed by atoms with van der Waals surface area (Å²) in [5.41, 5.74) is 0. The molecule has 5 N–H and O–H groups in total. The standard InChI is InChI=1S/C13H24O12S/c1-4-6(14)8(16)9(17)12(22-4)24-11-10(25-26(18,19)20)7(15)5(2)23-13(11)21-3/h4-17H,1-3H3,(H,18,19,20)/t4-,5-,6+,7+,8+,9-,10+,11-,12-,13+/m0/s1. The number of hydrogen-bond donors (Lipinski definition) is 5. The molecule has 0 aromatic rings. The second-order valence-electron chi connectivity index (χ2n) is 6.21. The minimum absolute atomic E-state index is 0.923. The topological polar surface area (TPSA) is 181 Å². The lowest BCUT2D eigenvalue weighted by Gasteiger charge is -2.45. The molecule has 26 heavy (non-hydrogen) atoms. The predicted octanol–water partition coefficient (Wildman–Crippen LogP) is -2.86. The number of hydrogen-bond acceptors (Lipinski definition) is 11. The first-order valence-electron chi connectivity index (χ1n) is 7.83. The zero-order valence-electron chi connectivity index (χ0n) is 14.3. The van der Waals surface area contributed by atoms with E-state index in [1.807, 2.05) is 0 Å². The summed E-state index contributed by atoms with van der Waals surface area (Å²) in [4.78, 5) is 0. The molecule has 0 aromatic carbocycles. The molecule has 10 atom stereocenters. The van der Waals surface area contributed by atoms with E-state index in [-0.39, 0.29) is 0 Å². The van der Waals surface area contributed by atoms with Crippen molar-refractivity contribution in [2.75, 3.05) is 7.11 Å². The van der Waals surface area contributed by atoms with Crippen LogP contribution < -0.4 is 0 Å². The summed E-state index contributed by atoms with van der Waals surface area (Å²) >= 11 is 0. The molecule has 12 nitrogen and oxygen atoms in total. The minimum Gasteiger partial charge on any atom is -0.388 e. The summed E-state index contributed by atoms with van der Waals surface area (Å²) in [5.74, 6) is 0. The zero-order valence-corrected chi connectivity index (χ0v) is 15.1. The summed E-state index contributed by atoms with van der Waals surface area (Å²) in [6, 6.07) is 0. The van der Waals surface area contributed by atoms with Crippen LogP contribution in [0.15, 0.2) is 0 Å². The Kier molecular flexibility index (Phi) is 6.96. The van der Waals surface area contributed by atoms with E-state index >= 15 is 0 Å². The zero-order chi connectivity index (χ0) is 19.8. The molecular weight excluding hydrogens is 380 g/mol. The van der Waals surface area contributed by atoms with Crippen LogP contribution in [0.5, 0.6) is 0 Å². The first-order chi connectivity index (χ1) is 12.0. The van der Waals surface area contributed by atoms with Crippen molar-refractivity contribution in [1.29, 1.82) is 0 Å². The number of ether oxygens (including phenoxy) is 4. The van der Waals surface area contributed by atoms with Crippen LogP contribution in [0.4, 0.5) is 0 Å². The van der Waals surface area contributed by atoms with E-state index in [9.17, 15) is 28.8 Å². The van der Waals surface area contributed by atoms with Crippen molar-refractivity contribution in [3.8, 4) is 0 Å². The van der Waals surface area contributed by atoms with Gasteiger partial charge in [-0.05, 0) is 13.8 Å². The molecule has 0 aliphatic carbocycles. The maximum atomic E-state index is 11.1. The Bertz CT molecular complexity index is 569. The molecule has 2 saturated heterocycles. The first-order valence-corrected chi connectivity index (χ1v) is 9.20. The average Bonchev–Trinajstić information content (AvgIpc) is 2.55. The SMILES string of the molecule is CO[C@@H]1O[C@@H](C)[C@@H](O)[C@@H](OS(=O)(=O)O)[C@@H]1O[C@@H]1O[C@@H](C)[C@@H](O)[C@@H](O)[C@@H]1O. The highest BCUT2D eigenvalue weighted by Gasteiger charge is 2.51. The third-order valence-electron chi connectivity index (χ3n) is 4.32. The molecule has 0 unspecified atom stereocenters. The van der Waals surface area contributed by atoms with Gasteiger partial charge in [0.1, 0.15) is 36.6 Å². The predicted molar refractivity (Wildman–Crippen MR) is 81.0 cm³/mol. The van der Waals surface area contributed by atoms with Gasteiger partial charge in [0.2, 0.25) is 0 Å². The number of methoxy groups -OCH3 is 1. The Labute approximate surface area is 150 Å². The third kappa shape index (κ3) is 4.69. The van der Waals surface area contributed by atoms with Crippen LogP contribution in [-0.4, -0.2) is 102 Å². The largest absolute Gasteiger partial charge is 0.397 e. The fourth-order valence-corrected chi connectivity index (χ4v) is 3.35. The minimum atomic E-state index is -4.97. The molecule has 0 radical (unpaired) electrons. The molecule has 0 bridgehead atoms. The van der Waals surface area contributed by atoms with Crippen molar-refractivity contribution >= 4 is 10.4 Å². The monoisotopic (exact) mass is 404 g/mol. The van der Waals surface area contributed by atoms with Crippen molar-refractivity contribution in [3.05, 3.63) is 0 Å². The molecule has 13 heteroatoms. The second kappa shape index (κ2) is 8.28. The highest BCUT2D eigenvalue weighted by molar-refractivity contribution is 7.80. The quantitative estimate of drug-likeness (QED) is 0.296. The molecule has 2 fully saturated rings. The molecule has 2 rings (SSSR count). The van der Waals surface area contributed by atoms with E-state index in [4.69, 9.17) is 23.5 Å². The van der Waals surface area contributed by atoms with Crippen LogP contribution in [0.1, 0.15) is 13.8 Å². The molecule has 0 aromatic heterocycles. The van der Waals surface area contributed by atoms with Gasteiger partial charge in [-0.3, -0.25) is 4.55 Å². The smallest absolute Gasteiger partial charge is 0.388 e. The van der Waals surface area contributed by atoms with Crippen LogP contribution >= 0.6 is 0 Å². The Balaban J connectivity index is 2.26. The van der Waals surface area contributed by atoms with Crippen molar-refractivity contribution < 1.29 is 56.5 Å². The van der Waals surface area contributed by atoms with Gasteiger partial charge in [0.25, 0.3) is 0 Å². The Morgan fingerprint density at radius 3 is 1.88 bits per heavy atom. The summed E-state index contributed by atoms with van der Waals surface area (Å²) < 4.78 is 56.9. The number of aliphatic hydroxyl groups is 4. The normalized spacial score (nSPS) is 47.7. The lowest BCUT2D eigenvalue weighted by atomic mass is 9.98. The maximum Gasteiger partial charge on any atom is 0.397 e. The van der Waals surface area contributed by atoms with E-state index in [2.05, 4.69) is 4.18 Å². The lowest BCUT2D eigenvalue weighted by Crippen LogP contribution is -2.63. The van der Waals surface area contributed by atoms with Crippen LogP contribution in [0.3, 0.4) is 0 Å². The summed E-state index contributed by atoms with van der Waals surface area (Å²) in [6.45, 7) is 2.84.